The van der Waals surface area contributed by atoms with E-state index in [-0.39, 0.29) is 6.42 Å². The number of hydrogen-bond acceptors (Lipinski definition) is 8. The Morgan fingerprint density at radius 1 is 1.14 bits per heavy atom. The fraction of sp³-hybridized carbons (Fsp3) is 0.917. The van der Waals surface area contributed by atoms with E-state index in [1.165, 1.54) is 0 Å². The SMILES string of the molecule is NCCCCCC(N)[C@](O)(C(N)=O)[C@@H](O)[C@H](O)[C@H](O)CO. The molecule has 0 aliphatic carbocycles. The Morgan fingerprint density at radius 2 is 1.71 bits per heavy atom. The van der Waals surface area contributed by atoms with Crippen molar-refractivity contribution in [3.8, 4) is 0 Å². The lowest BCUT2D eigenvalue weighted by atomic mass is 9.81. The minimum Gasteiger partial charge on any atom is -0.394 e. The highest BCUT2D eigenvalue weighted by Crippen LogP contribution is 2.22. The summed E-state index contributed by atoms with van der Waals surface area (Å²) in [5.74, 6) is -1.31. The second kappa shape index (κ2) is 9.26. The zero-order chi connectivity index (χ0) is 16.6. The molecule has 0 bridgehead atoms. The molecule has 9 heteroatoms. The van der Waals surface area contributed by atoms with Gasteiger partial charge < -0.3 is 42.7 Å². The normalized spacial score (nSPS) is 20.3. The van der Waals surface area contributed by atoms with Gasteiger partial charge in [0.15, 0.2) is 5.60 Å². The van der Waals surface area contributed by atoms with Gasteiger partial charge in [-0.3, -0.25) is 4.79 Å². The van der Waals surface area contributed by atoms with E-state index in [9.17, 15) is 25.2 Å². The van der Waals surface area contributed by atoms with Crippen LogP contribution in [0, 0.1) is 0 Å². The van der Waals surface area contributed by atoms with E-state index in [2.05, 4.69) is 0 Å². The van der Waals surface area contributed by atoms with Crippen LogP contribution in [0.4, 0.5) is 0 Å². The predicted octanol–water partition coefficient (Wildman–Crippen LogP) is -3.88. The van der Waals surface area contributed by atoms with Crippen molar-refractivity contribution < 1.29 is 30.3 Å². The first-order chi connectivity index (χ1) is 9.73. The lowest BCUT2D eigenvalue weighted by molar-refractivity contribution is -0.179. The molecule has 0 saturated heterocycles. The molecule has 0 fully saturated rings. The molecule has 11 N–H and O–H groups in total. The molecular weight excluding hydrogens is 282 g/mol. The van der Waals surface area contributed by atoms with Gasteiger partial charge in [0.05, 0.1) is 6.61 Å². The van der Waals surface area contributed by atoms with Crippen LogP contribution < -0.4 is 17.2 Å². The summed E-state index contributed by atoms with van der Waals surface area (Å²) in [5.41, 5.74) is 13.5. The molecule has 9 nitrogen and oxygen atoms in total. The molecule has 0 rings (SSSR count). The lowest BCUT2D eigenvalue weighted by Crippen LogP contribution is -2.68. The smallest absolute Gasteiger partial charge is 0.253 e. The van der Waals surface area contributed by atoms with Gasteiger partial charge in [0, 0.05) is 6.04 Å². The van der Waals surface area contributed by atoms with Crippen molar-refractivity contribution in [2.75, 3.05) is 13.2 Å². The van der Waals surface area contributed by atoms with E-state index < -0.39 is 42.5 Å². The van der Waals surface area contributed by atoms with Gasteiger partial charge in [-0.25, -0.2) is 0 Å². The molecular formula is C12H27N3O6. The van der Waals surface area contributed by atoms with Gasteiger partial charge in [0.1, 0.15) is 18.3 Å². The Morgan fingerprint density at radius 3 is 2.14 bits per heavy atom. The average Bonchev–Trinajstić information content (AvgIpc) is 2.47. The molecule has 1 amide bonds. The summed E-state index contributed by atoms with van der Waals surface area (Å²) in [5, 5.41) is 47.8. The van der Waals surface area contributed by atoms with Crippen LogP contribution in [0.1, 0.15) is 25.7 Å². The van der Waals surface area contributed by atoms with Crippen LogP contribution in [0.25, 0.3) is 0 Å². The van der Waals surface area contributed by atoms with E-state index >= 15 is 0 Å². The number of aliphatic hydroxyl groups excluding tert-OH is 4. The minimum absolute atomic E-state index is 0.165. The quantitative estimate of drug-likeness (QED) is 0.177. The maximum Gasteiger partial charge on any atom is 0.253 e. The van der Waals surface area contributed by atoms with Crippen LogP contribution in [0.15, 0.2) is 0 Å². The predicted molar refractivity (Wildman–Crippen MR) is 74.7 cm³/mol. The van der Waals surface area contributed by atoms with Gasteiger partial charge in [0.25, 0.3) is 5.91 Å². The lowest BCUT2D eigenvalue weighted by Gasteiger charge is -2.38. The van der Waals surface area contributed by atoms with Crippen LogP contribution in [-0.2, 0) is 4.79 Å². The molecule has 0 heterocycles. The number of aliphatic hydroxyl groups is 5. The molecule has 0 spiro atoms. The third kappa shape index (κ3) is 5.15. The molecule has 0 aliphatic rings. The highest BCUT2D eigenvalue weighted by molar-refractivity contribution is 5.85. The summed E-state index contributed by atoms with van der Waals surface area (Å²) < 4.78 is 0. The molecule has 126 valence electrons. The van der Waals surface area contributed by atoms with E-state index in [1.54, 1.807) is 0 Å². The molecule has 0 aromatic carbocycles. The number of rotatable bonds is 11. The maximum atomic E-state index is 11.5. The first-order valence-electron chi connectivity index (χ1n) is 6.86. The van der Waals surface area contributed by atoms with Crippen molar-refractivity contribution in [1.29, 1.82) is 0 Å². The van der Waals surface area contributed by atoms with Crippen molar-refractivity contribution in [1.82, 2.24) is 0 Å². The van der Waals surface area contributed by atoms with Crippen molar-refractivity contribution in [3.63, 3.8) is 0 Å². The number of amides is 1. The summed E-state index contributed by atoms with van der Waals surface area (Å²) in [6.07, 6.45) is -3.66. The topological polar surface area (TPSA) is 196 Å². The highest BCUT2D eigenvalue weighted by atomic mass is 16.4. The summed E-state index contributed by atoms with van der Waals surface area (Å²) in [6.45, 7) is -0.363. The van der Waals surface area contributed by atoms with Gasteiger partial charge in [-0.05, 0) is 19.4 Å². The standard InChI is InChI=1S/C12H27N3O6/c13-5-3-1-2-4-8(14)12(21,11(15)20)10(19)9(18)7(17)6-16/h7-10,16-19,21H,1-6,13-14H2,(H2,15,20)/t7-,8?,9-,10+,12-/m1/s1. The zero-order valence-electron chi connectivity index (χ0n) is 11.9. The van der Waals surface area contributed by atoms with Crippen LogP contribution in [0.5, 0.6) is 0 Å². The second-order valence-electron chi connectivity index (χ2n) is 5.12. The summed E-state index contributed by atoms with van der Waals surface area (Å²) in [7, 11) is 0. The fourth-order valence-corrected chi connectivity index (χ4v) is 2.03. The number of carbonyl (C=O) groups excluding carboxylic acids is 1. The van der Waals surface area contributed by atoms with Gasteiger partial charge in [-0.15, -0.1) is 0 Å². The van der Waals surface area contributed by atoms with Crippen LogP contribution in [0.2, 0.25) is 0 Å². The number of unbranched alkanes of at least 4 members (excludes halogenated alkanes) is 2. The largest absolute Gasteiger partial charge is 0.394 e. The van der Waals surface area contributed by atoms with E-state index in [1.807, 2.05) is 0 Å². The number of primary amides is 1. The van der Waals surface area contributed by atoms with Crippen LogP contribution in [-0.4, -0.2) is 74.5 Å². The average molecular weight is 309 g/mol. The van der Waals surface area contributed by atoms with Crippen molar-refractivity contribution in [2.45, 2.75) is 55.6 Å². The first kappa shape index (κ1) is 20.2. The number of nitrogens with two attached hydrogens (primary N) is 3. The van der Waals surface area contributed by atoms with E-state index in [0.29, 0.717) is 13.0 Å². The van der Waals surface area contributed by atoms with Gasteiger partial charge >= 0.3 is 0 Å². The zero-order valence-corrected chi connectivity index (χ0v) is 11.9. The van der Waals surface area contributed by atoms with Gasteiger partial charge in [-0.2, -0.15) is 0 Å². The van der Waals surface area contributed by atoms with Crippen LogP contribution >= 0.6 is 0 Å². The number of carbonyl (C=O) groups is 1. The van der Waals surface area contributed by atoms with Gasteiger partial charge in [0.2, 0.25) is 0 Å². The highest BCUT2D eigenvalue weighted by Gasteiger charge is 2.51. The molecule has 0 radical (unpaired) electrons. The third-order valence-corrected chi connectivity index (χ3v) is 3.53. The molecule has 21 heavy (non-hydrogen) atoms. The molecule has 5 atom stereocenters. The molecule has 1 unspecified atom stereocenters. The Balaban J connectivity index is 4.92. The Labute approximate surface area is 123 Å². The molecule has 0 aromatic heterocycles. The first-order valence-corrected chi connectivity index (χ1v) is 6.86. The Bertz CT molecular complexity index is 319. The second-order valence-corrected chi connectivity index (χ2v) is 5.12. The Kier molecular flexibility index (Phi) is 8.90. The molecule has 0 aromatic rings. The maximum absolute atomic E-state index is 11.5. The summed E-state index contributed by atoms with van der Waals surface area (Å²) in [4.78, 5) is 11.5. The number of hydrogen-bond donors (Lipinski definition) is 8. The summed E-state index contributed by atoms with van der Waals surface area (Å²) >= 11 is 0. The van der Waals surface area contributed by atoms with Gasteiger partial charge in [-0.1, -0.05) is 12.8 Å². The fourth-order valence-electron chi connectivity index (χ4n) is 2.03. The Hall–Kier alpha value is -0.810. The van der Waals surface area contributed by atoms with Crippen LogP contribution in [0.3, 0.4) is 0 Å². The molecule has 0 saturated carbocycles. The minimum atomic E-state index is -2.61. The van der Waals surface area contributed by atoms with Crippen molar-refractivity contribution in [3.05, 3.63) is 0 Å². The monoisotopic (exact) mass is 309 g/mol. The molecule has 0 aliphatic heterocycles. The third-order valence-electron chi connectivity index (χ3n) is 3.53. The van der Waals surface area contributed by atoms with E-state index in [4.69, 9.17) is 22.3 Å². The van der Waals surface area contributed by atoms with Crippen molar-refractivity contribution in [2.24, 2.45) is 17.2 Å². The van der Waals surface area contributed by atoms with Crippen molar-refractivity contribution >= 4 is 5.91 Å². The van der Waals surface area contributed by atoms with E-state index in [0.717, 1.165) is 12.8 Å². The summed E-state index contributed by atoms with van der Waals surface area (Å²) in [6, 6.07) is -1.23.